The Morgan fingerprint density at radius 1 is 1.39 bits per heavy atom. The predicted molar refractivity (Wildman–Crippen MR) is 69.5 cm³/mol. The van der Waals surface area contributed by atoms with Crippen molar-refractivity contribution in [3.8, 4) is 0 Å². The highest BCUT2D eigenvalue weighted by Gasteiger charge is 2.31. The average molecular weight is 270 g/mol. The van der Waals surface area contributed by atoms with Crippen LogP contribution in [0.25, 0.3) is 0 Å². The second kappa shape index (κ2) is 4.40. The van der Waals surface area contributed by atoms with Gasteiger partial charge >= 0.3 is 0 Å². The maximum atomic E-state index is 12.5. The van der Waals surface area contributed by atoms with E-state index in [2.05, 4.69) is 5.10 Å². The fourth-order valence-electron chi connectivity index (χ4n) is 2.03. The molecule has 2 rings (SSSR count). The number of sulfonamides is 1. The summed E-state index contributed by atoms with van der Waals surface area (Å²) in [5.41, 5.74) is 7.50. The maximum absolute atomic E-state index is 12.5. The molecular formula is C11H18N4O2S. The molecule has 0 aliphatic carbocycles. The van der Waals surface area contributed by atoms with Gasteiger partial charge in [-0.15, -0.1) is 0 Å². The monoisotopic (exact) mass is 270 g/mol. The SMILES string of the molecule is CC1=CCN(S(=O)(=O)c2c(N)nn(C)c2C)CC1. The summed E-state index contributed by atoms with van der Waals surface area (Å²) in [5.74, 6) is 0.0706. The highest BCUT2D eigenvalue weighted by Crippen LogP contribution is 2.26. The molecule has 0 atom stereocenters. The molecule has 2 heterocycles. The van der Waals surface area contributed by atoms with Crippen molar-refractivity contribution in [2.45, 2.75) is 25.2 Å². The molecule has 7 heteroatoms. The molecule has 1 aliphatic rings. The van der Waals surface area contributed by atoms with Gasteiger partial charge in [0.2, 0.25) is 10.0 Å². The average Bonchev–Trinajstić information content (AvgIpc) is 2.54. The van der Waals surface area contributed by atoms with Gasteiger partial charge in [-0.25, -0.2) is 8.42 Å². The van der Waals surface area contributed by atoms with Gasteiger partial charge in [0.1, 0.15) is 4.90 Å². The fraction of sp³-hybridized carbons (Fsp3) is 0.545. The van der Waals surface area contributed by atoms with Crippen LogP contribution in [0.15, 0.2) is 16.5 Å². The number of nitrogen functional groups attached to an aromatic ring is 1. The van der Waals surface area contributed by atoms with Crippen LogP contribution in [-0.2, 0) is 17.1 Å². The zero-order valence-electron chi connectivity index (χ0n) is 10.8. The number of aryl methyl sites for hydroxylation is 1. The van der Waals surface area contributed by atoms with Crippen LogP contribution in [0.2, 0.25) is 0 Å². The third kappa shape index (κ3) is 2.04. The van der Waals surface area contributed by atoms with E-state index >= 15 is 0 Å². The van der Waals surface area contributed by atoms with Gasteiger partial charge in [-0.05, 0) is 20.3 Å². The molecule has 1 aromatic heterocycles. The van der Waals surface area contributed by atoms with Gasteiger partial charge < -0.3 is 5.73 Å². The Bertz CT molecular complexity index is 601. The number of anilines is 1. The van der Waals surface area contributed by atoms with Gasteiger partial charge in [0.15, 0.2) is 5.82 Å². The smallest absolute Gasteiger partial charge is 0.248 e. The minimum absolute atomic E-state index is 0.0706. The van der Waals surface area contributed by atoms with E-state index in [0.29, 0.717) is 18.8 Å². The Kier molecular flexibility index (Phi) is 3.20. The molecule has 1 aliphatic heterocycles. The zero-order chi connectivity index (χ0) is 13.5. The van der Waals surface area contributed by atoms with Crippen LogP contribution in [0.1, 0.15) is 19.0 Å². The molecule has 0 saturated heterocycles. The quantitative estimate of drug-likeness (QED) is 0.800. The van der Waals surface area contributed by atoms with E-state index in [4.69, 9.17) is 5.73 Å². The van der Waals surface area contributed by atoms with Crippen molar-refractivity contribution in [3.05, 3.63) is 17.3 Å². The molecule has 2 N–H and O–H groups in total. The Morgan fingerprint density at radius 3 is 2.50 bits per heavy atom. The van der Waals surface area contributed by atoms with E-state index in [1.54, 1.807) is 14.0 Å². The molecule has 1 aromatic rings. The van der Waals surface area contributed by atoms with E-state index in [1.807, 2.05) is 13.0 Å². The van der Waals surface area contributed by atoms with Crippen molar-refractivity contribution in [2.75, 3.05) is 18.8 Å². The largest absolute Gasteiger partial charge is 0.381 e. The van der Waals surface area contributed by atoms with Gasteiger partial charge in [-0.2, -0.15) is 9.40 Å². The Labute approximate surface area is 107 Å². The molecular weight excluding hydrogens is 252 g/mol. The summed E-state index contributed by atoms with van der Waals surface area (Å²) in [6, 6.07) is 0. The molecule has 0 fully saturated rings. The first-order chi connectivity index (χ1) is 8.34. The van der Waals surface area contributed by atoms with Crippen LogP contribution >= 0.6 is 0 Å². The van der Waals surface area contributed by atoms with Gasteiger partial charge in [-0.3, -0.25) is 4.68 Å². The summed E-state index contributed by atoms with van der Waals surface area (Å²) in [7, 11) is -1.86. The summed E-state index contributed by atoms with van der Waals surface area (Å²) in [5, 5.41) is 3.96. The van der Waals surface area contributed by atoms with Crippen LogP contribution in [0.5, 0.6) is 0 Å². The lowest BCUT2D eigenvalue weighted by Gasteiger charge is -2.24. The molecule has 100 valence electrons. The molecule has 0 unspecified atom stereocenters. The van der Waals surface area contributed by atoms with Gasteiger partial charge in [0, 0.05) is 20.1 Å². The summed E-state index contributed by atoms with van der Waals surface area (Å²) in [6.45, 7) is 4.62. The molecule has 0 bridgehead atoms. The lowest BCUT2D eigenvalue weighted by Crippen LogP contribution is -2.35. The number of hydrogen-bond acceptors (Lipinski definition) is 4. The molecule has 0 aromatic carbocycles. The summed E-state index contributed by atoms with van der Waals surface area (Å²) < 4.78 is 28.0. The number of hydrogen-bond donors (Lipinski definition) is 1. The molecule has 0 spiro atoms. The van der Waals surface area contributed by atoms with Crippen LogP contribution in [0, 0.1) is 6.92 Å². The lowest BCUT2D eigenvalue weighted by atomic mass is 10.1. The third-order valence-electron chi connectivity index (χ3n) is 3.30. The first-order valence-corrected chi connectivity index (χ1v) is 7.23. The lowest BCUT2D eigenvalue weighted by molar-refractivity contribution is 0.431. The molecule has 0 amide bonds. The summed E-state index contributed by atoms with van der Waals surface area (Å²) in [4.78, 5) is 0.137. The number of nitrogens with two attached hydrogens (primary N) is 1. The van der Waals surface area contributed by atoms with E-state index in [-0.39, 0.29) is 10.7 Å². The number of nitrogens with zero attached hydrogens (tertiary/aromatic N) is 3. The molecule has 0 radical (unpaired) electrons. The van der Waals surface area contributed by atoms with Crippen molar-refractivity contribution in [3.63, 3.8) is 0 Å². The van der Waals surface area contributed by atoms with Crippen molar-refractivity contribution >= 4 is 15.8 Å². The van der Waals surface area contributed by atoms with E-state index in [9.17, 15) is 8.42 Å². The second-order valence-electron chi connectivity index (χ2n) is 4.59. The van der Waals surface area contributed by atoms with Crippen LogP contribution < -0.4 is 5.73 Å². The number of rotatable bonds is 2. The maximum Gasteiger partial charge on any atom is 0.248 e. The highest BCUT2D eigenvalue weighted by molar-refractivity contribution is 7.89. The third-order valence-corrected chi connectivity index (χ3v) is 5.33. The van der Waals surface area contributed by atoms with Crippen molar-refractivity contribution in [2.24, 2.45) is 7.05 Å². The van der Waals surface area contributed by atoms with E-state index < -0.39 is 10.0 Å². The fourth-order valence-corrected chi connectivity index (χ4v) is 3.70. The first-order valence-electron chi connectivity index (χ1n) is 5.79. The zero-order valence-corrected chi connectivity index (χ0v) is 11.7. The van der Waals surface area contributed by atoms with Crippen molar-refractivity contribution in [1.29, 1.82) is 0 Å². The molecule has 0 saturated carbocycles. The summed E-state index contributed by atoms with van der Waals surface area (Å²) in [6.07, 6.45) is 2.70. The highest BCUT2D eigenvalue weighted by atomic mass is 32.2. The normalized spacial score (nSPS) is 17.8. The summed E-state index contributed by atoms with van der Waals surface area (Å²) >= 11 is 0. The second-order valence-corrected chi connectivity index (χ2v) is 6.46. The number of aromatic nitrogens is 2. The minimum Gasteiger partial charge on any atom is -0.381 e. The Hall–Kier alpha value is -1.34. The van der Waals surface area contributed by atoms with E-state index in [1.165, 1.54) is 14.6 Å². The van der Waals surface area contributed by atoms with Crippen LogP contribution in [0.4, 0.5) is 5.82 Å². The van der Waals surface area contributed by atoms with Crippen LogP contribution in [0.3, 0.4) is 0 Å². The predicted octanol–water partition coefficient (Wildman–Crippen LogP) is 0.651. The van der Waals surface area contributed by atoms with Crippen molar-refractivity contribution in [1.82, 2.24) is 14.1 Å². The van der Waals surface area contributed by atoms with E-state index in [0.717, 1.165) is 6.42 Å². The van der Waals surface area contributed by atoms with Gasteiger partial charge in [0.25, 0.3) is 0 Å². The minimum atomic E-state index is -3.55. The Balaban J connectivity index is 2.43. The molecule has 6 nitrogen and oxygen atoms in total. The van der Waals surface area contributed by atoms with Gasteiger partial charge in [-0.1, -0.05) is 11.6 Å². The topological polar surface area (TPSA) is 81.2 Å². The first kappa shape index (κ1) is 13.1. The van der Waals surface area contributed by atoms with Gasteiger partial charge in [0.05, 0.1) is 5.69 Å². The Morgan fingerprint density at radius 2 is 2.06 bits per heavy atom. The molecule has 18 heavy (non-hydrogen) atoms. The van der Waals surface area contributed by atoms with Crippen LogP contribution in [-0.4, -0.2) is 35.6 Å². The van der Waals surface area contributed by atoms with Crippen molar-refractivity contribution < 1.29 is 8.42 Å². The standard InChI is InChI=1S/C11H18N4O2S/c1-8-4-6-15(7-5-8)18(16,17)10-9(2)14(3)13-11(10)12/h4H,5-7H2,1-3H3,(H2,12,13).